The van der Waals surface area contributed by atoms with Gasteiger partial charge < -0.3 is 5.11 Å². The molecule has 3 nitrogen and oxygen atoms in total. The van der Waals surface area contributed by atoms with E-state index in [1.54, 1.807) is 12.1 Å². The molecule has 1 N–H and O–H groups in total. The van der Waals surface area contributed by atoms with Gasteiger partial charge in [0.1, 0.15) is 5.75 Å². The van der Waals surface area contributed by atoms with E-state index < -0.39 is 0 Å². The number of benzene rings is 3. The summed E-state index contributed by atoms with van der Waals surface area (Å²) in [5.74, 6) is 0.235. The lowest BCUT2D eigenvalue weighted by atomic mass is 10.0. The maximum atomic E-state index is 12.8. The fourth-order valence-electron chi connectivity index (χ4n) is 3.82. The van der Waals surface area contributed by atoms with Crippen molar-refractivity contribution in [3.8, 4) is 5.75 Å². The Morgan fingerprint density at radius 2 is 1.55 bits per heavy atom. The Balaban J connectivity index is 1.57. The summed E-state index contributed by atoms with van der Waals surface area (Å²) in [6, 6.07) is 23.0. The first kappa shape index (κ1) is 19.8. The van der Waals surface area contributed by atoms with Crippen LogP contribution < -0.4 is 10.6 Å². The second-order valence-electron chi connectivity index (χ2n) is 7.55. The third-order valence-electron chi connectivity index (χ3n) is 5.42. The smallest absolute Gasteiger partial charge is 0.193 e. The quantitative estimate of drug-likeness (QED) is 0.494. The average Bonchev–Trinajstić information content (AvgIpc) is 2.77. The van der Waals surface area contributed by atoms with Crippen molar-refractivity contribution < 1.29 is 9.90 Å². The summed E-state index contributed by atoms with van der Waals surface area (Å²) < 4.78 is 0. The predicted octanol–water partition coefficient (Wildman–Crippen LogP) is 4.24. The number of carbonyl (C=O) groups is 1. The number of aromatic hydroxyl groups is 1. The third-order valence-corrected chi connectivity index (χ3v) is 6.85. The highest BCUT2D eigenvalue weighted by atomic mass is 31.1. The van der Waals surface area contributed by atoms with E-state index in [9.17, 15) is 9.90 Å². The second-order valence-corrected chi connectivity index (χ2v) is 8.87. The van der Waals surface area contributed by atoms with Crippen molar-refractivity contribution in [1.82, 2.24) is 4.90 Å². The molecule has 1 unspecified atom stereocenters. The molecule has 1 atom stereocenters. The topological polar surface area (TPSA) is 40.5 Å². The zero-order chi connectivity index (χ0) is 20.1. The number of phenolic OH excluding ortho intramolecular Hbond substituents is 1. The number of hydrogen-bond acceptors (Lipinski definition) is 3. The van der Waals surface area contributed by atoms with Crippen LogP contribution in [0.5, 0.6) is 5.75 Å². The van der Waals surface area contributed by atoms with Crippen molar-refractivity contribution >= 4 is 25.0 Å². The van der Waals surface area contributed by atoms with E-state index in [1.165, 1.54) is 30.1 Å². The molecule has 3 aromatic carbocycles. The number of nitrogens with zero attached hydrogens (tertiary/aromatic N) is 1. The monoisotopic (exact) mass is 403 g/mol. The summed E-state index contributed by atoms with van der Waals surface area (Å²) in [7, 11) is 0.313. The highest BCUT2D eigenvalue weighted by Crippen LogP contribution is 2.23. The summed E-state index contributed by atoms with van der Waals surface area (Å²) in [4.78, 5) is 15.3. The molecule has 0 saturated carbocycles. The fraction of sp³-hybridized carbons (Fsp3) is 0.240. The number of likely N-dealkylation sites (tertiary alicyclic amines) is 1. The molecule has 1 aliphatic rings. The molecule has 1 fully saturated rings. The van der Waals surface area contributed by atoms with Crippen LogP contribution in [0.15, 0.2) is 72.8 Å². The van der Waals surface area contributed by atoms with Crippen LogP contribution >= 0.6 is 8.58 Å². The van der Waals surface area contributed by atoms with Crippen LogP contribution in [0.4, 0.5) is 0 Å². The van der Waals surface area contributed by atoms with Crippen molar-refractivity contribution in [3.05, 3.63) is 89.5 Å². The van der Waals surface area contributed by atoms with Gasteiger partial charge in [0.2, 0.25) is 0 Å². The van der Waals surface area contributed by atoms with Crippen LogP contribution in [0, 0.1) is 0 Å². The molecule has 1 aliphatic heterocycles. The predicted molar refractivity (Wildman–Crippen MR) is 121 cm³/mol. The van der Waals surface area contributed by atoms with E-state index >= 15 is 0 Å². The molecule has 0 bridgehead atoms. The Morgan fingerprint density at radius 1 is 0.828 bits per heavy atom. The van der Waals surface area contributed by atoms with Crippen LogP contribution in [-0.4, -0.2) is 28.9 Å². The van der Waals surface area contributed by atoms with Crippen molar-refractivity contribution in [3.63, 3.8) is 0 Å². The van der Waals surface area contributed by atoms with Gasteiger partial charge in [0, 0.05) is 23.0 Å². The number of carbonyl (C=O) groups excluding carboxylic acids is 1. The molecule has 0 amide bonds. The Labute approximate surface area is 174 Å². The number of rotatable bonds is 6. The normalized spacial score (nSPS) is 15.0. The summed E-state index contributed by atoms with van der Waals surface area (Å²) in [6.45, 7) is 3.26. The molecule has 1 saturated heterocycles. The molecule has 29 heavy (non-hydrogen) atoms. The largest absolute Gasteiger partial charge is 0.507 e. The Morgan fingerprint density at radius 3 is 2.34 bits per heavy atom. The second kappa shape index (κ2) is 9.35. The van der Waals surface area contributed by atoms with Gasteiger partial charge in [0.15, 0.2) is 5.78 Å². The minimum absolute atomic E-state index is 0.0155. The van der Waals surface area contributed by atoms with Crippen molar-refractivity contribution in [2.45, 2.75) is 25.8 Å². The van der Waals surface area contributed by atoms with E-state index in [0.29, 0.717) is 19.7 Å². The number of hydrogen-bond donors (Lipinski definition) is 1. The fourth-order valence-corrected chi connectivity index (χ4v) is 5.05. The highest BCUT2D eigenvalue weighted by molar-refractivity contribution is 7.55. The first-order valence-corrected chi connectivity index (χ1v) is 11.2. The molecule has 0 aromatic heterocycles. The van der Waals surface area contributed by atoms with Crippen LogP contribution in [0.25, 0.3) is 0 Å². The van der Waals surface area contributed by atoms with Gasteiger partial charge in [-0.1, -0.05) is 69.6 Å². The Hall–Kier alpha value is -2.48. The lowest BCUT2D eigenvalue weighted by Crippen LogP contribution is -2.30. The van der Waals surface area contributed by atoms with Gasteiger partial charge >= 0.3 is 0 Å². The molecular weight excluding hydrogens is 377 g/mol. The third kappa shape index (κ3) is 4.93. The standard InChI is InChI=1S/C25H26NO2P/c27-22-14-13-20(25(28)19-9-3-1-4-10-19)17-24(22)29-23-12-6-5-11-21(23)18-26-15-7-2-8-16-26/h1,3-6,9-14,17,27,29H,2,7-8,15-16,18H2. The molecule has 0 spiro atoms. The van der Waals surface area contributed by atoms with Gasteiger partial charge in [0.25, 0.3) is 0 Å². The first-order chi connectivity index (χ1) is 14.2. The lowest BCUT2D eigenvalue weighted by Gasteiger charge is -2.27. The van der Waals surface area contributed by atoms with Gasteiger partial charge in [-0.3, -0.25) is 9.69 Å². The molecule has 3 aromatic rings. The van der Waals surface area contributed by atoms with Gasteiger partial charge in [-0.25, -0.2) is 0 Å². The van der Waals surface area contributed by atoms with Crippen LogP contribution in [-0.2, 0) is 6.54 Å². The summed E-state index contributed by atoms with van der Waals surface area (Å²) in [6.07, 6.45) is 3.87. The first-order valence-electron chi connectivity index (χ1n) is 10.2. The minimum atomic E-state index is -0.0155. The highest BCUT2D eigenvalue weighted by Gasteiger charge is 2.15. The van der Waals surface area contributed by atoms with E-state index in [1.807, 2.05) is 36.4 Å². The number of phenols is 1. The summed E-state index contributed by atoms with van der Waals surface area (Å²) in [5, 5.41) is 12.5. The molecule has 148 valence electrons. The van der Waals surface area contributed by atoms with Gasteiger partial charge in [-0.05, 0) is 55.0 Å². The Bertz CT molecular complexity index is 981. The number of ketones is 1. The molecule has 4 heteroatoms. The van der Waals surface area contributed by atoms with E-state index in [0.717, 1.165) is 24.9 Å². The van der Waals surface area contributed by atoms with Gasteiger partial charge in [-0.15, -0.1) is 0 Å². The van der Waals surface area contributed by atoms with Gasteiger partial charge in [-0.2, -0.15) is 0 Å². The lowest BCUT2D eigenvalue weighted by molar-refractivity contribution is 0.103. The van der Waals surface area contributed by atoms with Gasteiger partial charge in [0.05, 0.1) is 0 Å². The average molecular weight is 403 g/mol. The zero-order valence-electron chi connectivity index (χ0n) is 16.5. The van der Waals surface area contributed by atoms with Crippen LogP contribution in [0.3, 0.4) is 0 Å². The summed E-state index contributed by atoms with van der Waals surface area (Å²) >= 11 is 0. The van der Waals surface area contributed by atoms with Crippen molar-refractivity contribution in [1.29, 1.82) is 0 Å². The van der Waals surface area contributed by atoms with Crippen LogP contribution in [0.1, 0.15) is 40.7 Å². The number of piperidine rings is 1. The zero-order valence-corrected chi connectivity index (χ0v) is 17.5. The summed E-state index contributed by atoms with van der Waals surface area (Å²) in [5.41, 5.74) is 2.59. The van der Waals surface area contributed by atoms with Crippen LogP contribution in [0.2, 0.25) is 0 Å². The molecule has 4 rings (SSSR count). The van der Waals surface area contributed by atoms with E-state index in [2.05, 4.69) is 29.2 Å². The SMILES string of the molecule is O=C(c1ccccc1)c1ccc(O)c(Pc2ccccc2CN2CCCCC2)c1. The van der Waals surface area contributed by atoms with Crippen molar-refractivity contribution in [2.24, 2.45) is 0 Å². The molecular formula is C25H26NO2P. The van der Waals surface area contributed by atoms with E-state index in [-0.39, 0.29) is 11.5 Å². The molecule has 0 radical (unpaired) electrons. The maximum Gasteiger partial charge on any atom is 0.193 e. The van der Waals surface area contributed by atoms with E-state index in [4.69, 9.17) is 0 Å². The molecule has 1 heterocycles. The maximum absolute atomic E-state index is 12.8. The Kier molecular flexibility index (Phi) is 6.39. The minimum Gasteiger partial charge on any atom is -0.507 e. The van der Waals surface area contributed by atoms with Crippen molar-refractivity contribution in [2.75, 3.05) is 13.1 Å². The molecule has 0 aliphatic carbocycles.